The average Bonchev–Trinajstić information content (AvgIpc) is 3.35. The van der Waals surface area contributed by atoms with Gasteiger partial charge >= 0.3 is 0 Å². The number of nitrogen functional groups attached to an aromatic ring is 1. The van der Waals surface area contributed by atoms with E-state index in [4.69, 9.17) is 5.73 Å². The first kappa shape index (κ1) is 20.8. The molecule has 3 aromatic heterocycles. The molecular formula is C23H20BrN7O3. The zero-order chi connectivity index (χ0) is 23.6. The molecule has 4 heterocycles. The molecule has 0 spiro atoms. The minimum absolute atomic E-state index is 0.0106. The second-order valence-electron chi connectivity index (χ2n) is 8.70. The molecule has 0 radical (unpaired) electrons. The molecule has 2 fully saturated rings. The Labute approximate surface area is 201 Å². The van der Waals surface area contributed by atoms with Crippen molar-refractivity contribution in [1.29, 1.82) is 0 Å². The number of phenols is 1. The number of amides is 2. The van der Waals surface area contributed by atoms with Gasteiger partial charge in [0.2, 0.25) is 11.8 Å². The molecule has 1 saturated heterocycles. The fourth-order valence-electron chi connectivity index (χ4n) is 5.04. The summed E-state index contributed by atoms with van der Waals surface area (Å²) in [4.78, 5) is 41.1. The Bertz CT molecular complexity index is 1490. The van der Waals surface area contributed by atoms with Crippen molar-refractivity contribution in [2.45, 2.75) is 31.5 Å². The summed E-state index contributed by atoms with van der Waals surface area (Å²) in [6.07, 6.45) is 2.89. The lowest BCUT2D eigenvalue weighted by Gasteiger charge is -2.27. The van der Waals surface area contributed by atoms with Crippen LogP contribution in [-0.4, -0.2) is 53.4 Å². The van der Waals surface area contributed by atoms with E-state index in [1.54, 1.807) is 45.9 Å². The van der Waals surface area contributed by atoms with Crippen LogP contribution in [-0.2, 0) is 16.1 Å². The Balaban J connectivity index is 1.32. The van der Waals surface area contributed by atoms with E-state index >= 15 is 0 Å². The van der Waals surface area contributed by atoms with Crippen LogP contribution in [0.4, 0.5) is 11.6 Å². The van der Waals surface area contributed by atoms with Crippen LogP contribution in [0.15, 0.2) is 47.3 Å². The summed E-state index contributed by atoms with van der Waals surface area (Å²) in [5.41, 5.74) is 7.32. The van der Waals surface area contributed by atoms with Gasteiger partial charge in [0.05, 0.1) is 10.9 Å². The van der Waals surface area contributed by atoms with Crippen LogP contribution in [0.1, 0.15) is 12.8 Å². The summed E-state index contributed by atoms with van der Waals surface area (Å²) in [6.45, 7) is -0.0106. The first-order chi connectivity index (χ1) is 16.4. The highest BCUT2D eigenvalue weighted by Crippen LogP contribution is 2.48. The maximum Gasteiger partial charge on any atom is 0.248 e. The molecule has 1 aromatic carbocycles. The van der Waals surface area contributed by atoms with Crippen LogP contribution in [0, 0.1) is 5.92 Å². The maximum atomic E-state index is 13.6. The van der Waals surface area contributed by atoms with E-state index in [1.165, 1.54) is 6.33 Å². The minimum Gasteiger partial charge on any atom is -0.508 e. The fraction of sp³-hybridized carbons (Fsp3) is 0.261. The quantitative estimate of drug-likeness (QED) is 0.350. The van der Waals surface area contributed by atoms with Gasteiger partial charge in [0.15, 0.2) is 0 Å². The van der Waals surface area contributed by atoms with Gasteiger partial charge in [-0.25, -0.2) is 15.0 Å². The number of phenolic OH excluding ortho intramolecular Hbond substituents is 1. The minimum atomic E-state index is -0.561. The molecule has 0 unspecified atom stereocenters. The third kappa shape index (κ3) is 3.35. The molecule has 34 heavy (non-hydrogen) atoms. The molecule has 4 N–H and O–H groups in total. The maximum absolute atomic E-state index is 13.6. The smallest absolute Gasteiger partial charge is 0.248 e. The third-order valence-corrected chi connectivity index (χ3v) is 7.05. The van der Waals surface area contributed by atoms with E-state index in [1.807, 2.05) is 0 Å². The third-order valence-electron chi connectivity index (χ3n) is 6.61. The van der Waals surface area contributed by atoms with Gasteiger partial charge in [-0.15, -0.1) is 0 Å². The van der Waals surface area contributed by atoms with Crippen molar-refractivity contribution in [1.82, 2.24) is 24.4 Å². The molecule has 172 valence electrons. The molecule has 11 heteroatoms. The van der Waals surface area contributed by atoms with Gasteiger partial charge in [-0.05, 0) is 65.0 Å². The highest BCUT2D eigenvalue weighted by Gasteiger charge is 2.56. The number of hydrogen-bond acceptors (Lipinski definition) is 7. The van der Waals surface area contributed by atoms with Gasteiger partial charge in [0, 0.05) is 11.4 Å². The van der Waals surface area contributed by atoms with Gasteiger partial charge < -0.3 is 25.6 Å². The normalized spacial score (nSPS) is 21.1. The Kier molecular flexibility index (Phi) is 4.70. The lowest BCUT2D eigenvalue weighted by atomic mass is 10.1. The average molecular weight is 522 g/mol. The van der Waals surface area contributed by atoms with Gasteiger partial charge in [-0.3, -0.25) is 9.59 Å². The van der Waals surface area contributed by atoms with E-state index in [9.17, 15) is 14.7 Å². The number of piperidine rings is 1. The lowest BCUT2D eigenvalue weighted by molar-refractivity contribution is -0.138. The van der Waals surface area contributed by atoms with Crippen LogP contribution in [0.25, 0.3) is 21.9 Å². The predicted octanol–water partition coefficient (Wildman–Crippen LogP) is 2.66. The molecule has 10 nitrogen and oxygen atoms in total. The predicted molar refractivity (Wildman–Crippen MR) is 129 cm³/mol. The van der Waals surface area contributed by atoms with Crippen molar-refractivity contribution >= 4 is 61.3 Å². The van der Waals surface area contributed by atoms with E-state index in [0.717, 1.165) is 6.42 Å². The SMILES string of the molecule is Nc1ncnc2c1c1cc(O)ccc1n2CC(=O)N1[C@@H]2C[C@@H]2C[C@H]1C(=O)Nc1cccc(Br)n1. The van der Waals surface area contributed by atoms with Crippen LogP contribution in [0.3, 0.4) is 0 Å². The number of halogens is 1. The molecule has 1 aliphatic heterocycles. The van der Waals surface area contributed by atoms with Crippen molar-refractivity contribution in [3.8, 4) is 5.75 Å². The van der Waals surface area contributed by atoms with E-state index < -0.39 is 6.04 Å². The molecule has 6 rings (SSSR count). The fourth-order valence-corrected chi connectivity index (χ4v) is 5.38. The van der Waals surface area contributed by atoms with Gasteiger partial charge in [0.25, 0.3) is 0 Å². The summed E-state index contributed by atoms with van der Waals surface area (Å²) in [5.74, 6) is 0.708. The van der Waals surface area contributed by atoms with E-state index in [0.29, 0.717) is 44.7 Å². The van der Waals surface area contributed by atoms with Crippen molar-refractivity contribution < 1.29 is 14.7 Å². The molecule has 0 bridgehead atoms. The van der Waals surface area contributed by atoms with Crippen molar-refractivity contribution in [2.24, 2.45) is 5.92 Å². The van der Waals surface area contributed by atoms with Crippen LogP contribution in [0.2, 0.25) is 0 Å². The number of anilines is 2. The van der Waals surface area contributed by atoms with Crippen LogP contribution in [0.5, 0.6) is 5.75 Å². The molecule has 1 saturated carbocycles. The first-order valence-electron chi connectivity index (χ1n) is 10.9. The number of fused-ring (bicyclic) bond motifs is 4. The number of likely N-dealkylation sites (tertiary alicyclic amines) is 1. The number of nitrogens with zero attached hydrogens (tertiary/aromatic N) is 5. The van der Waals surface area contributed by atoms with Crippen LogP contribution < -0.4 is 11.1 Å². The number of hydrogen-bond donors (Lipinski definition) is 3. The largest absolute Gasteiger partial charge is 0.508 e. The topological polar surface area (TPSA) is 139 Å². The summed E-state index contributed by atoms with van der Waals surface area (Å²) in [6, 6.07) is 9.65. The second kappa shape index (κ2) is 7.66. The Morgan fingerprint density at radius 3 is 2.88 bits per heavy atom. The number of pyridine rings is 1. The molecule has 1 aliphatic carbocycles. The zero-order valence-corrected chi connectivity index (χ0v) is 19.4. The van der Waals surface area contributed by atoms with E-state index in [-0.39, 0.29) is 36.0 Å². The Hall–Kier alpha value is -3.73. The zero-order valence-electron chi connectivity index (χ0n) is 17.8. The van der Waals surface area contributed by atoms with Crippen LogP contribution >= 0.6 is 15.9 Å². The number of aromatic nitrogens is 4. The summed E-state index contributed by atoms with van der Waals surface area (Å²) < 4.78 is 2.39. The monoisotopic (exact) mass is 521 g/mol. The van der Waals surface area contributed by atoms with Crippen molar-refractivity contribution in [3.05, 3.63) is 47.3 Å². The van der Waals surface area contributed by atoms with Gasteiger partial charge in [0.1, 0.15) is 46.5 Å². The van der Waals surface area contributed by atoms with Crippen molar-refractivity contribution in [2.75, 3.05) is 11.1 Å². The number of carbonyl (C=O) groups is 2. The number of benzene rings is 1. The Morgan fingerprint density at radius 1 is 1.21 bits per heavy atom. The number of rotatable bonds is 4. The first-order valence-corrected chi connectivity index (χ1v) is 11.7. The lowest BCUT2D eigenvalue weighted by Crippen LogP contribution is -2.46. The highest BCUT2D eigenvalue weighted by molar-refractivity contribution is 9.10. The van der Waals surface area contributed by atoms with Crippen molar-refractivity contribution in [3.63, 3.8) is 0 Å². The Morgan fingerprint density at radius 2 is 2.06 bits per heavy atom. The van der Waals surface area contributed by atoms with E-state index in [2.05, 4.69) is 36.2 Å². The highest BCUT2D eigenvalue weighted by atomic mass is 79.9. The molecule has 3 atom stereocenters. The number of carbonyl (C=O) groups excluding carboxylic acids is 2. The second-order valence-corrected chi connectivity index (χ2v) is 9.51. The summed E-state index contributed by atoms with van der Waals surface area (Å²) in [5, 5.41) is 14.1. The summed E-state index contributed by atoms with van der Waals surface area (Å²) >= 11 is 3.30. The van der Waals surface area contributed by atoms with Gasteiger partial charge in [-0.2, -0.15) is 0 Å². The standard InChI is InChI=1S/C23H20BrN7O3/c24-17-2-1-3-18(28-17)29-23(34)16-7-11-6-15(11)31(16)19(33)9-30-14-5-4-12(32)8-13(14)20-21(25)26-10-27-22(20)30/h1-5,8,10-11,15-16,32H,6-7,9H2,(H2,25,26,27)(H,28,29,34)/t11-,15-,16+/m1/s1. The molecule has 2 aliphatic rings. The molecule has 4 aromatic rings. The molecular weight excluding hydrogens is 502 g/mol. The molecule has 2 amide bonds. The number of nitrogens with two attached hydrogens (primary N) is 1. The number of aromatic hydroxyl groups is 1. The summed E-state index contributed by atoms with van der Waals surface area (Å²) in [7, 11) is 0. The number of nitrogens with one attached hydrogen (secondary N) is 1. The van der Waals surface area contributed by atoms with Gasteiger partial charge in [-0.1, -0.05) is 6.07 Å².